The molecule has 0 bridgehead atoms. The summed E-state index contributed by atoms with van der Waals surface area (Å²) in [6.07, 6.45) is 2.06. The maximum atomic E-state index is 13.6. The molecule has 1 aromatic heterocycles. The molecule has 190 valence electrons. The van der Waals surface area contributed by atoms with E-state index in [4.69, 9.17) is 15.0 Å². The van der Waals surface area contributed by atoms with Crippen molar-refractivity contribution in [3.63, 3.8) is 0 Å². The minimum absolute atomic E-state index is 0.0139. The van der Waals surface area contributed by atoms with Crippen molar-refractivity contribution in [1.82, 2.24) is 9.88 Å². The highest BCUT2D eigenvalue weighted by atomic mass is 32.1. The lowest BCUT2D eigenvalue weighted by Gasteiger charge is -2.37. The molecule has 1 heterocycles. The number of nitrogens with zero attached hydrogens (tertiary/aromatic N) is 5. The van der Waals surface area contributed by atoms with Crippen LogP contribution in [0.4, 0.5) is 0 Å². The van der Waals surface area contributed by atoms with Crippen LogP contribution in [0.2, 0.25) is 0 Å². The van der Waals surface area contributed by atoms with Crippen molar-refractivity contribution in [1.29, 1.82) is 0 Å². The molecule has 4 atom stereocenters. The van der Waals surface area contributed by atoms with Gasteiger partial charge in [-0.05, 0) is 30.2 Å². The molecule has 1 aromatic rings. The van der Waals surface area contributed by atoms with E-state index in [9.17, 15) is 14.4 Å². The molecule has 0 aromatic carbocycles. The molecular weight excluding hydrogens is 458 g/mol. The SMILES string of the molecule is CCCC(=O)OCN(C(=O)[C@@H](N=[N+]=[N-])C(C)CC)[C@H](C[C@@H](C)c1nc(C(=O)OC)cs1)C(C)C. The molecule has 1 rings (SSSR count). The largest absolute Gasteiger partial charge is 0.464 e. The number of methoxy groups -OCH3 is 1. The van der Waals surface area contributed by atoms with Gasteiger partial charge in [-0.25, -0.2) is 9.78 Å². The molecular formula is C23H37N5O5S. The van der Waals surface area contributed by atoms with Gasteiger partial charge in [-0.1, -0.05) is 53.1 Å². The third-order valence-corrected chi connectivity index (χ3v) is 6.89. The van der Waals surface area contributed by atoms with Crippen molar-refractivity contribution in [3.05, 3.63) is 26.5 Å². The monoisotopic (exact) mass is 495 g/mol. The zero-order chi connectivity index (χ0) is 25.8. The van der Waals surface area contributed by atoms with Crippen molar-refractivity contribution < 1.29 is 23.9 Å². The number of carbonyl (C=O) groups is 3. The fourth-order valence-corrected chi connectivity index (χ4v) is 4.39. The van der Waals surface area contributed by atoms with E-state index in [0.717, 1.165) is 5.01 Å². The van der Waals surface area contributed by atoms with Gasteiger partial charge in [0, 0.05) is 28.7 Å². The Morgan fingerprint density at radius 3 is 2.44 bits per heavy atom. The van der Waals surface area contributed by atoms with Crippen LogP contribution in [0.5, 0.6) is 0 Å². The second-order valence-electron chi connectivity index (χ2n) is 8.75. The fourth-order valence-electron chi connectivity index (χ4n) is 3.53. The van der Waals surface area contributed by atoms with E-state index in [1.165, 1.54) is 23.3 Å². The standard InChI is InChI=1S/C23H37N5O5S/c1-8-10-19(29)33-13-28(22(30)20(26-27-24)15(5)9-2)18(14(3)4)11-16(6)21-25-17(12-34-21)23(31)32-7/h12,14-16,18,20H,8-11,13H2,1-7H3/t15?,16-,18-,20+/m1/s1. The van der Waals surface area contributed by atoms with Crippen molar-refractivity contribution in [2.45, 2.75) is 85.2 Å². The number of hydrogen-bond donors (Lipinski definition) is 0. The predicted molar refractivity (Wildman–Crippen MR) is 130 cm³/mol. The van der Waals surface area contributed by atoms with E-state index in [-0.39, 0.29) is 54.5 Å². The van der Waals surface area contributed by atoms with E-state index < -0.39 is 12.0 Å². The van der Waals surface area contributed by atoms with E-state index in [1.54, 1.807) is 5.38 Å². The number of rotatable bonds is 14. The highest BCUT2D eigenvalue weighted by Gasteiger charge is 2.35. The van der Waals surface area contributed by atoms with Crippen LogP contribution >= 0.6 is 11.3 Å². The maximum absolute atomic E-state index is 13.6. The number of ether oxygens (including phenoxy) is 2. The molecule has 0 aliphatic carbocycles. The molecule has 0 spiro atoms. The first-order chi connectivity index (χ1) is 16.1. The average Bonchev–Trinajstić information content (AvgIpc) is 3.31. The lowest BCUT2D eigenvalue weighted by Crippen LogP contribution is -2.50. The summed E-state index contributed by atoms with van der Waals surface area (Å²) in [5.74, 6) is -1.50. The molecule has 0 N–H and O–H groups in total. The van der Waals surface area contributed by atoms with Gasteiger partial charge in [-0.2, -0.15) is 0 Å². The Kier molecular flexibility index (Phi) is 12.6. The second-order valence-corrected chi connectivity index (χ2v) is 9.64. The zero-order valence-corrected chi connectivity index (χ0v) is 22.0. The van der Waals surface area contributed by atoms with E-state index in [0.29, 0.717) is 19.3 Å². The fraction of sp³-hybridized carbons (Fsp3) is 0.739. The summed E-state index contributed by atoms with van der Waals surface area (Å²) in [6, 6.07) is -1.22. The summed E-state index contributed by atoms with van der Waals surface area (Å²) < 4.78 is 10.2. The number of azide groups is 1. The Hall–Kier alpha value is -2.65. The van der Waals surface area contributed by atoms with Gasteiger partial charge in [0.2, 0.25) is 5.91 Å². The van der Waals surface area contributed by atoms with Gasteiger partial charge in [0.05, 0.1) is 12.1 Å². The van der Waals surface area contributed by atoms with Crippen LogP contribution in [0, 0.1) is 11.8 Å². The predicted octanol–water partition coefficient (Wildman–Crippen LogP) is 5.30. The zero-order valence-electron chi connectivity index (χ0n) is 21.2. The number of thiazole rings is 1. The van der Waals surface area contributed by atoms with Crippen molar-refractivity contribution in [3.8, 4) is 0 Å². The highest BCUT2D eigenvalue weighted by Crippen LogP contribution is 2.30. The quantitative estimate of drug-likeness (QED) is 0.113. The minimum atomic E-state index is -0.901. The van der Waals surface area contributed by atoms with Gasteiger partial charge < -0.3 is 14.4 Å². The van der Waals surface area contributed by atoms with Gasteiger partial charge in [-0.3, -0.25) is 9.59 Å². The Morgan fingerprint density at radius 1 is 1.24 bits per heavy atom. The Bertz CT molecular complexity index is 868. The van der Waals surface area contributed by atoms with Gasteiger partial charge in [0.25, 0.3) is 0 Å². The van der Waals surface area contributed by atoms with Crippen LogP contribution in [0.1, 0.15) is 88.6 Å². The average molecular weight is 496 g/mol. The first-order valence-corrected chi connectivity index (χ1v) is 12.5. The smallest absolute Gasteiger partial charge is 0.357 e. The molecule has 1 unspecified atom stereocenters. The topological polar surface area (TPSA) is 135 Å². The maximum Gasteiger partial charge on any atom is 0.357 e. The Labute approximate surface area is 205 Å². The van der Waals surface area contributed by atoms with Gasteiger partial charge in [0.15, 0.2) is 12.4 Å². The van der Waals surface area contributed by atoms with Crippen LogP contribution in [-0.4, -0.2) is 53.7 Å². The first kappa shape index (κ1) is 29.4. The molecule has 10 nitrogen and oxygen atoms in total. The van der Waals surface area contributed by atoms with Gasteiger partial charge >= 0.3 is 11.9 Å². The molecule has 11 heteroatoms. The summed E-state index contributed by atoms with van der Waals surface area (Å²) in [5, 5.41) is 6.17. The van der Waals surface area contributed by atoms with E-state index in [2.05, 4.69) is 15.0 Å². The van der Waals surface area contributed by atoms with Crippen LogP contribution in [0.25, 0.3) is 10.4 Å². The molecule has 34 heavy (non-hydrogen) atoms. The van der Waals surface area contributed by atoms with Crippen molar-refractivity contribution >= 4 is 29.2 Å². The van der Waals surface area contributed by atoms with Crippen molar-refractivity contribution in [2.75, 3.05) is 13.8 Å². The van der Waals surface area contributed by atoms with Crippen LogP contribution in [0.15, 0.2) is 10.5 Å². The Balaban J connectivity index is 3.26. The summed E-state index contributed by atoms with van der Waals surface area (Å²) >= 11 is 1.36. The number of esters is 2. The van der Waals surface area contributed by atoms with Gasteiger partial charge in [-0.15, -0.1) is 11.3 Å². The summed E-state index contributed by atoms with van der Waals surface area (Å²) in [5.41, 5.74) is 9.31. The number of hydrogen-bond acceptors (Lipinski definition) is 8. The Morgan fingerprint density at radius 2 is 1.91 bits per heavy atom. The van der Waals surface area contributed by atoms with Crippen LogP contribution < -0.4 is 0 Å². The second kappa shape index (κ2) is 14.6. The van der Waals surface area contributed by atoms with Crippen LogP contribution in [0.3, 0.4) is 0 Å². The third kappa shape index (κ3) is 8.29. The molecule has 1 amide bonds. The minimum Gasteiger partial charge on any atom is -0.464 e. The number of amides is 1. The normalized spacial score (nSPS) is 14.5. The molecule has 0 saturated heterocycles. The third-order valence-electron chi connectivity index (χ3n) is 5.82. The molecule has 0 saturated carbocycles. The van der Waals surface area contributed by atoms with E-state index >= 15 is 0 Å². The first-order valence-electron chi connectivity index (χ1n) is 11.6. The summed E-state index contributed by atoms with van der Waals surface area (Å²) in [6.45, 7) is 11.4. The lowest BCUT2D eigenvalue weighted by atomic mass is 9.91. The van der Waals surface area contributed by atoms with E-state index in [1.807, 2.05) is 41.5 Å². The molecule has 0 aliphatic rings. The molecule has 0 aliphatic heterocycles. The summed E-state index contributed by atoms with van der Waals surface area (Å²) in [7, 11) is 1.31. The molecule has 0 radical (unpaired) electrons. The number of carbonyl (C=O) groups excluding carboxylic acids is 3. The summed E-state index contributed by atoms with van der Waals surface area (Å²) in [4.78, 5) is 46.3. The number of aromatic nitrogens is 1. The van der Waals surface area contributed by atoms with Crippen LogP contribution in [-0.2, 0) is 19.1 Å². The lowest BCUT2D eigenvalue weighted by molar-refractivity contribution is -0.157. The van der Waals surface area contributed by atoms with Crippen molar-refractivity contribution in [2.24, 2.45) is 17.0 Å². The molecule has 0 fully saturated rings. The van der Waals surface area contributed by atoms with Gasteiger partial charge in [0.1, 0.15) is 6.04 Å². The highest BCUT2D eigenvalue weighted by molar-refractivity contribution is 7.09.